The maximum absolute atomic E-state index is 12.7. The van der Waals surface area contributed by atoms with E-state index in [4.69, 9.17) is 0 Å². The maximum atomic E-state index is 12.7. The van der Waals surface area contributed by atoms with Gasteiger partial charge in [-0.25, -0.2) is 4.79 Å². The topological polar surface area (TPSA) is 57.3 Å². The van der Waals surface area contributed by atoms with Crippen LogP contribution in [0, 0.1) is 6.92 Å². The summed E-state index contributed by atoms with van der Waals surface area (Å²) < 4.78 is 0. The van der Waals surface area contributed by atoms with Crippen LogP contribution >= 0.6 is 0 Å². The van der Waals surface area contributed by atoms with Gasteiger partial charge in [-0.1, -0.05) is 72.8 Å². The Morgan fingerprint density at radius 2 is 1.70 bits per heavy atom. The number of likely N-dealkylation sites (tertiary alicyclic amines) is 1. The number of rotatable bonds is 5. The summed E-state index contributed by atoms with van der Waals surface area (Å²) in [5.74, 6) is 0. The van der Waals surface area contributed by atoms with Gasteiger partial charge in [0, 0.05) is 36.8 Å². The van der Waals surface area contributed by atoms with E-state index in [0.717, 1.165) is 48.3 Å². The lowest BCUT2D eigenvalue weighted by Crippen LogP contribution is -2.39. The van der Waals surface area contributed by atoms with Crippen molar-refractivity contribution >= 4 is 22.6 Å². The van der Waals surface area contributed by atoms with Gasteiger partial charge in [0.15, 0.2) is 0 Å². The lowest BCUT2D eigenvalue weighted by molar-refractivity contribution is 0.247. The van der Waals surface area contributed by atoms with Crippen LogP contribution in [-0.2, 0) is 6.54 Å². The number of fused-ring (bicyclic) bond motifs is 1. The predicted octanol–water partition coefficient (Wildman–Crippen LogP) is 5.61. The monoisotopic (exact) mass is 436 g/mol. The van der Waals surface area contributed by atoms with Gasteiger partial charge in [-0.2, -0.15) is 0 Å². The Morgan fingerprint density at radius 3 is 2.52 bits per heavy atom. The van der Waals surface area contributed by atoms with Gasteiger partial charge in [0.1, 0.15) is 0 Å². The van der Waals surface area contributed by atoms with Gasteiger partial charge in [0.05, 0.1) is 11.2 Å². The molecule has 5 nitrogen and oxygen atoms in total. The molecular weight excluding hydrogens is 408 g/mol. The fourth-order valence-corrected chi connectivity index (χ4v) is 4.54. The van der Waals surface area contributed by atoms with Crippen molar-refractivity contribution < 1.29 is 4.79 Å². The number of aromatic nitrogens is 1. The Hall–Kier alpha value is -3.70. The average molecular weight is 437 g/mol. The largest absolute Gasteiger partial charge is 0.334 e. The molecule has 2 N–H and O–H groups in total. The summed E-state index contributed by atoms with van der Waals surface area (Å²) in [6, 6.07) is 29.0. The Labute approximate surface area is 194 Å². The third-order valence-corrected chi connectivity index (χ3v) is 6.17. The standard InChI is InChI=1S/C28H28N4O/c1-20-17-27(25-9-5-6-10-26(25)29-20)31-28(33)30-24-15-16-32(19-24)18-21-11-13-23(14-12-21)22-7-3-2-4-8-22/h2-14,17,24H,15-16,18-19H2,1H3,(H2,29,30,31,33). The number of urea groups is 1. The smallest absolute Gasteiger partial charge is 0.319 e. The molecule has 2 heterocycles. The van der Waals surface area contributed by atoms with Crippen molar-refractivity contribution in [1.82, 2.24) is 15.2 Å². The molecule has 2 amide bonds. The zero-order valence-corrected chi connectivity index (χ0v) is 18.8. The Morgan fingerprint density at radius 1 is 0.970 bits per heavy atom. The molecule has 5 heteroatoms. The quantitative estimate of drug-likeness (QED) is 0.428. The number of hydrogen-bond acceptors (Lipinski definition) is 3. The van der Waals surface area contributed by atoms with E-state index in [1.54, 1.807) is 0 Å². The fraction of sp³-hybridized carbons (Fsp3) is 0.214. The molecule has 0 saturated carbocycles. The third kappa shape index (κ3) is 5.04. The van der Waals surface area contributed by atoms with Gasteiger partial charge in [-0.15, -0.1) is 0 Å². The van der Waals surface area contributed by atoms with E-state index in [-0.39, 0.29) is 12.1 Å². The van der Waals surface area contributed by atoms with Crippen LogP contribution in [-0.4, -0.2) is 35.0 Å². The van der Waals surface area contributed by atoms with Crippen LogP contribution in [0.1, 0.15) is 17.7 Å². The summed E-state index contributed by atoms with van der Waals surface area (Å²) in [6.45, 7) is 4.66. The summed E-state index contributed by atoms with van der Waals surface area (Å²) in [4.78, 5) is 19.6. The number of carbonyl (C=O) groups is 1. The van der Waals surface area contributed by atoms with E-state index < -0.39 is 0 Å². The average Bonchev–Trinajstić information content (AvgIpc) is 3.26. The fourth-order valence-electron chi connectivity index (χ4n) is 4.54. The van der Waals surface area contributed by atoms with E-state index in [0.29, 0.717) is 0 Å². The molecule has 166 valence electrons. The SMILES string of the molecule is Cc1cc(NC(=O)NC2CCN(Cc3ccc(-c4ccccc4)cc3)C2)c2ccccc2n1. The minimum Gasteiger partial charge on any atom is -0.334 e. The summed E-state index contributed by atoms with van der Waals surface area (Å²) in [7, 11) is 0. The highest BCUT2D eigenvalue weighted by Crippen LogP contribution is 2.23. The summed E-state index contributed by atoms with van der Waals surface area (Å²) >= 11 is 0. The van der Waals surface area contributed by atoms with Gasteiger partial charge in [0.2, 0.25) is 0 Å². The van der Waals surface area contributed by atoms with Crippen molar-refractivity contribution in [2.75, 3.05) is 18.4 Å². The number of carbonyl (C=O) groups excluding carboxylic acids is 1. The number of aryl methyl sites for hydroxylation is 1. The van der Waals surface area contributed by atoms with Crippen LogP contribution in [0.15, 0.2) is 84.9 Å². The lowest BCUT2D eigenvalue weighted by atomic mass is 10.0. The van der Waals surface area contributed by atoms with E-state index in [9.17, 15) is 4.79 Å². The van der Waals surface area contributed by atoms with Crippen molar-refractivity contribution in [3.63, 3.8) is 0 Å². The molecule has 1 saturated heterocycles. The van der Waals surface area contributed by atoms with E-state index in [1.165, 1.54) is 16.7 Å². The minimum absolute atomic E-state index is 0.141. The molecule has 33 heavy (non-hydrogen) atoms. The van der Waals surface area contributed by atoms with Gasteiger partial charge < -0.3 is 10.6 Å². The molecule has 1 aromatic heterocycles. The van der Waals surface area contributed by atoms with Gasteiger partial charge in [-0.05, 0) is 42.2 Å². The molecule has 1 fully saturated rings. The second kappa shape index (κ2) is 9.43. The predicted molar refractivity (Wildman–Crippen MR) is 134 cm³/mol. The van der Waals surface area contributed by atoms with Gasteiger partial charge in [-0.3, -0.25) is 9.88 Å². The van der Waals surface area contributed by atoms with Crippen LogP contribution in [0.25, 0.3) is 22.0 Å². The second-order valence-electron chi connectivity index (χ2n) is 8.71. The summed E-state index contributed by atoms with van der Waals surface area (Å²) in [5, 5.41) is 7.13. The maximum Gasteiger partial charge on any atom is 0.319 e. The number of hydrogen-bond donors (Lipinski definition) is 2. The first-order valence-electron chi connectivity index (χ1n) is 11.4. The van der Waals surface area contributed by atoms with E-state index in [1.807, 2.05) is 43.3 Å². The van der Waals surface area contributed by atoms with Crippen LogP contribution in [0.5, 0.6) is 0 Å². The molecule has 1 aliphatic heterocycles. The molecular formula is C28H28N4O. The number of anilines is 1. The molecule has 0 aliphatic carbocycles. The first kappa shape index (κ1) is 21.2. The zero-order valence-electron chi connectivity index (χ0n) is 18.8. The van der Waals surface area contributed by atoms with Crippen molar-refractivity contribution in [2.24, 2.45) is 0 Å². The summed E-state index contributed by atoms with van der Waals surface area (Å²) in [5.41, 5.74) is 6.32. The first-order chi connectivity index (χ1) is 16.1. The van der Waals surface area contributed by atoms with Gasteiger partial charge >= 0.3 is 6.03 Å². The van der Waals surface area contributed by atoms with E-state index >= 15 is 0 Å². The number of pyridine rings is 1. The highest BCUT2D eigenvalue weighted by atomic mass is 16.2. The number of nitrogens with zero attached hydrogens (tertiary/aromatic N) is 2. The van der Waals surface area contributed by atoms with Crippen molar-refractivity contribution in [2.45, 2.75) is 25.9 Å². The minimum atomic E-state index is -0.162. The molecule has 3 aromatic carbocycles. The Bertz CT molecular complexity index is 1250. The van der Waals surface area contributed by atoms with Crippen LogP contribution < -0.4 is 10.6 Å². The number of benzene rings is 3. The normalized spacial score (nSPS) is 16.1. The van der Waals surface area contributed by atoms with Crippen molar-refractivity contribution in [1.29, 1.82) is 0 Å². The van der Waals surface area contributed by atoms with Crippen LogP contribution in [0.3, 0.4) is 0 Å². The number of amides is 2. The Kier molecular flexibility index (Phi) is 6.05. The first-order valence-corrected chi connectivity index (χ1v) is 11.4. The van der Waals surface area contributed by atoms with Crippen LogP contribution in [0.2, 0.25) is 0 Å². The molecule has 4 aromatic rings. The third-order valence-electron chi connectivity index (χ3n) is 6.17. The molecule has 0 radical (unpaired) electrons. The zero-order chi connectivity index (χ0) is 22.6. The lowest BCUT2D eigenvalue weighted by Gasteiger charge is -2.18. The van der Waals surface area contributed by atoms with Crippen molar-refractivity contribution in [3.8, 4) is 11.1 Å². The Balaban J connectivity index is 1.16. The second-order valence-corrected chi connectivity index (χ2v) is 8.71. The highest BCUT2D eigenvalue weighted by molar-refractivity contribution is 6.00. The number of para-hydroxylation sites is 1. The molecule has 1 atom stereocenters. The molecule has 1 aliphatic rings. The van der Waals surface area contributed by atoms with Crippen molar-refractivity contribution in [3.05, 3.63) is 96.2 Å². The summed E-state index contributed by atoms with van der Waals surface area (Å²) in [6.07, 6.45) is 0.950. The van der Waals surface area contributed by atoms with Gasteiger partial charge in [0.25, 0.3) is 0 Å². The highest BCUT2D eigenvalue weighted by Gasteiger charge is 2.24. The molecule has 0 spiro atoms. The van der Waals surface area contributed by atoms with Crippen LogP contribution in [0.4, 0.5) is 10.5 Å². The molecule has 1 unspecified atom stereocenters. The molecule has 0 bridgehead atoms. The van der Waals surface area contributed by atoms with E-state index in [2.05, 4.69) is 69.0 Å². The number of nitrogens with one attached hydrogen (secondary N) is 2. The molecule has 5 rings (SSSR count).